The van der Waals surface area contributed by atoms with Crippen LogP contribution in [0, 0.1) is 0 Å². The third-order valence-corrected chi connectivity index (χ3v) is 4.81. The molecule has 0 bridgehead atoms. The molecule has 0 radical (unpaired) electrons. The maximum Gasteiger partial charge on any atom is 0.257 e. The van der Waals surface area contributed by atoms with Crippen LogP contribution in [-0.2, 0) is 21.7 Å². The van der Waals surface area contributed by atoms with Crippen LogP contribution in [-0.4, -0.2) is 26.9 Å². The number of nitrogens with zero attached hydrogens (tertiary/aromatic N) is 3. The summed E-state index contributed by atoms with van der Waals surface area (Å²) in [4.78, 5) is 29.0. The molecule has 0 spiro atoms. The van der Waals surface area contributed by atoms with Gasteiger partial charge in [0.25, 0.3) is 5.89 Å². The Hall–Kier alpha value is -2.25. The zero-order valence-electron chi connectivity index (χ0n) is 13.6. The van der Waals surface area contributed by atoms with Crippen molar-refractivity contribution in [1.29, 1.82) is 0 Å². The van der Waals surface area contributed by atoms with Gasteiger partial charge in [0.1, 0.15) is 0 Å². The molecule has 2 amide bonds. The molecule has 25 heavy (non-hydrogen) atoms. The highest BCUT2D eigenvalue weighted by atomic mass is 35.5. The lowest BCUT2D eigenvalue weighted by molar-refractivity contribution is -0.139. The molecule has 8 heteroatoms. The minimum absolute atomic E-state index is 0. The van der Waals surface area contributed by atoms with Gasteiger partial charge in [-0.25, -0.2) is 0 Å². The van der Waals surface area contributed by atoms with Gasteiger partial charge in [-0.3, -0.25) is 14.5 Å². The highest BCUT2D eigenvalue weighted by Gasteiger charge is 2.39. The Bertz CT molecular complexity index is 782. The Morgan fingerprint density at radius 1 is 1.12 bits per heavy atom. The molecule has 7 nitrogen and oxygen atoms in total. The molecule has 2 aromatic rings. The largest absolute Gasteiger partial charge is 0.334 e. The third kappa shape index (κ3) is 3.17. The molecule has 2 aliphatic rings. The maximum absolute atomic E-state index is 11.7. The Balaban J connectivity index is 0.00000182. The molecule has 0 atom stereocenters. The molecule has 132 valence electrons. The van der Waals surface area contributed by atoms with E-state index in [-0.39, 0.29) is 24.2 Å². The number of hydrogen-bond acceptors (Lipinski definition) is 6. The Morgan fingerprint density at radius 2 is 1.76 bits per heavy atom. The van der Waals surface area contributed by atoms with Crippen molar-refractivity contribution in [2.24, 2.45) is 5.73 Å². The number of carbonyl (C=O) groups excluding carboxylic acids is 2. The van der Waals surface area contributed by atoms with E-state index in [0.717, 1.165) is 30.4 Å². The zero-order chi connectivity index (χ0) is 16.7. The molecular weight excluding hydrogens is 344 g/mol. The fraction of sp³-hybridized carbons (Fsp3) is 0.412. The van der Waals surface area contributed by atoms with Gasteiger partial charge < -0.3 is 10.3 Å². The first kappa shape index (κ1) is 17.6. The average molecular weight is 363 g/mol. The van der Waals surface area contributed by atoms with Gasteiger partial charge in [-0.15, -0.1) is 12.4 Å². The summed E-state index contributed by atoms with van der Waals surface area (Å²) < 4.78 is 5.32. The summed E-state index contributed by atoms with van der Waals surface area (Å²) in [5.41, 5.74) is 7.43. The van der Waals surface area contributed by atoms with Crippen LogP contribution in [0.3, 0.4) is 0 Å². The number of imide groups is 1. The summed E-state index contributed by atoms with van der Waals surface area (Å²) in [5.74, 6) is 0.765. The summed E-state index contributed by atoms with van der Waals surface area (Å²) in [6.07, 6.45) is 3.46. The number of likely N-dealkylation sites (tertiary alicyclic amines) is 1. The number of rotatable bonds is 4. The van der Waals surface area contributed by atoms with E-state index in [2.05, 4.69) is 10.1 Å². The van der Waals surface area contributed by atoms with Crippen LogP contribution in [0.5, 0.6) is 0 Å². The molecule has 1 aromatic carbocycles. The summed E-state index contributed by atoms with van der Waals surface area (Å²) >= 11 is 0. The highest BCUT2D eigenvalue weighted by Crippen LogP contribution is 2.37. The van der Waals surface area contributed by atoms with Crippen LogP contribution in [0.15, 0.2) is 28.8 Å². The Labute approximate surface area is 151 Å². The van der Waals surface area contributed by atoms with E-state index in [1.807, 2.05) is 24.3 Å². The van der Waals surface area contributed by atoms with E-state index < -0.39 is 5.54 Å². The number of hydrogen-bond donors (Lipinski definition) is 1. The molecule has 0 unspecified atom stereocenters. The van der Waals surface area contributed by atoms with Crippen LogP contribution >= 0.6 is 12.4 Å². The molecule has 1 aromatic heterocycles. The summed E-state index contributed by atoms with van der Waals surface area (Å²) in [6, 6.07) is 7.42. The number of benzene rings is 1. The van der Waals surface area contributed by atoms with Gasteiger partial charge in [0, 0.05) is 18.4 Å². The van der Waals surface area contributed by atoms with Crippen LogP contribution < -0.4 is 5.73 Å². The van der Waals surface area contributed by atoms with Gasteiger partial charge in [-0.1, -0.05) is 17.3 Å². The van der Waals surface area contributed by atoms with E-state index in [4.69, 9.17) is 10.3 Å². The van der Waals surface area contributed by atoms with Crippen molar-refractivity contribution in [2.45, 2.75) is 44.2 Å². The molecule has 1 aliphatic carbocycles. The maximum atomic E-state index is 11.7. The first-order valence-electron chi connectivity index (χ1n) is 8.11. The third-order valence-electron chi connectivity index (χ3n) is 4.81. The molecule has 1 saturated heterocycles. The summed E-state index contributed by atoms with van der Waals surface area (Å²) in [5, 5.41) is 4.00. The molecule has 1 saturated carbocycles. The number of carbonyl (C=O) groups is 2. The second kappa shape index (κ2) is 6.57. The van der Waals surface area contributed by atoms with Crippen molar-refractivity contribution in [2.75, 3.05) is 0 Å². The van der Waals surface area contributed by atoms with E-state index in [1.54, 1.807) is 0 Å². The topological polar surface area (TPSA) is 102 Å². The average Bonchev–Trinajstić information content (AvgIpc) is 3.16. The standard InChI is InChI=1S/C17H18N4O3.ClH/c18-17(8-1-9-17)16-19-15(24-20-16)12-4-2-11(3-5-12)10-21-13(22)6-7-14(21)23;/h2-5H,1,6-10,18H2;1H. The lowest BCUT2D eigenvalue weighted by atomic mass is 9.77. The fourth-order valence-corrected chi connectivity index (χ4v) is 3.06. The van der Waals surface area contributed by atoms with Crippen molar-refractivity contribution in [3.8, 4) is 11.5 Å². The molecule has 2 fully saturated rings. The van der Waals surface area contributed by atoms with Crippen LogP contribution in [0.2, 0.25) is 0 Å². The first-order valence-corrected chi connectivity index (χ1v) is 8.11. The van der Waals surface area contributed by atoms with Crippen LogP contribution in [0.1, 0.15) is 43.5 Å². The van der Waals surface area contributed by atoms with E-state index in [9.17, 15) is 9.59 Å². The van der Waals surface area contributed by atoms with Crippen molar-refractivity contribution in [1.82, 2.24) is 15.0 Å². The summed E-state index contributed by atoms with van der Waals surface area (Å²) in [7, 11) is 0. The Kier molecular flexibility index (Phi) is 4.62. The predicted octanol–water partition coefficient (Wildman–Crippen LogP) is 2.15. The molecule has 1 aliphatic heterocycles. The van der Waals surface area contributed by atoms with E-state index in [0.29, 0.717) is 31.1 Å². The predicted molar refractivity (Wildman–Crippen MR) is 91.5 cm³/mol. The van der Waals surface area contributed by atoms with Gasteiger partial charge in [0.05, 0.1) is 12.1 Å². The van der Waals surface area contributed by atoms with E-state index in [1.165, 1.54) is 4.90 Å². The highest BCUT2D eigenvalue weighted by molar-refractivity contribution is 6.01. The van der Waals surface area contributed by atoms with Gasteiger partial charge in [0.15, 0.2) is 5.82 Å². The van der Waals surface area contributed by atoms with Crippen molar-refractivity contribution in [3.05, 3.63) is 35.7 Å². The Morgan fingerprint density at radius 3 is 2.32 bits per heavy atom. The minimum Gasteiger partial charge on any atom is -0.334 e. The van der Waals surface area contributed by atoms with Gasteiger partial charge in [0.2, 0.25) is 11.8 Å². The summed E-state index contributed by atoms with van der Waals surface area (Å²) in [6.45, 7) is 0.305. The van der Waals surface area contributed by atoms with E-state index >= 15 is 0 Å². The number of nitrogens with two attached hydrogens (primary N) is 1. The molecule has 4 rings (SSSR count). The quantitative estimate of drug-likeness (QED) is 0.836. The lowest BCUT2D eigenvalue weighted by Gasteiger charge is -2.34. The monoisotopic (exact) mass is 362 g/mol. The van der Waals surface area contributed by atoms with Crippen LogP contribution in [0.25, 0.3) is 11.5 Å². The second-order valence-electron chi connectivity index (χ2n) is 6.50. The molecular formula is C17H19ClN4O3. The fourth-order valence-electron chi connectivity index (χ4n) is 3.06. The smallest absolute Gasteiger partial charge is 0.257 e. The van der Waals surface area contributed by atoms with Crippen molar-refractivity contribution >= 4 is 24.2 Å². The minimum atomic E-state index is -0.446. The van der Waals surface area contributed by atoms with Gasteiger partial charge in [-0.05, 0) is 37.0 Å². The van der Waals surface area contributed by atoms with Crippen molar-refractivity contribution < 1.29 is 14.1 Å². The lowest BCUT2D eigenvalue weighted by Crippen LogP contribution is -2.44. The van der Waals surface area contributed by atoms with Crippen molar-refractivity contribution in [3.63, 3.8) is 0 Å². The zero-order valence-corrected chi connectivity index (χ0v) is 14.4. The number of amides is 2. The second-order valence-corrected chi connectivity index (χ2v) is 6.50. The number of halogens is 1. The molecule has 2 heterocycles. The van der Waals surface area contributed by atoms with Gasteiger partial charge in [-0.2, -0.15) is 4.98 Å². The molecule has 2 N–H and O–H groups in total. The van der Waals surface area contributed by atoms with Gasteiger partial charge >= 0.3 is 0 Å². The first-order chi connectivity index (χ1) is 11.5. The normalized spacial score (nSPS) is 18.8. The van der Waals surface area contributed by atoms with Crippen LogP contribution in [0.4, 0.5) is 0 Å². The number of aromatic nitrogens is 2. The SMILES string of the molecule is Cl.NC1(c2noc(-c3ccc(CN4C(=O)CCC4=O)cc3)n2)CCC1.